The zero-order valence-electron chi connectivity index (χ0n) is 14.5. The Hall–Kier alpha value is -1.06. The summed E-state index contributed by atoms with van der Waals surface area (Å²) in [6.07, 6.45) is 0. The maximum Gasteiger partial charge on any atom is 0.0765 e. The van der Waals surface area contributed by atoms with Gasteiger partial charge in [-0.15, -0.1) is 0 Å². The largest absolute Gasteiger partial charge is 0.389 e. The van der Waals surface area contributed by atoms with Crippen molar-refractivity contribution in [3.8, 4) is 0 Å². The molecule has 0 unspecified atom stereocenters. The molecule has 0 atom stereocenters. The van der Waals surface area contributed by atoms with Crippen molar-refractivity contribution >= 4 is 5.69 Å². The van der Waals surface area contributed by atoms with Crippen LogP contribution < -0.4 is 10.2 Å². The van der Waals surface area contributed by atoms with Crippen LogP contribution in [0.5, 0.6) is 0 Å². The van der Waals surface area contributed by atoms with Gasteiger partial charge in [0.2, 0.25) is 0 Å². The third-order valence-electron chi connectivity index (χ3n) is 3.44. The van der Waals surface area contributed by atoms with Gasteiger partial charge in [0.05, 0.1) is 5.60 Å². The SMILES string of the molecule is CCN(CC(C)(C)O)c1ccc(CNCC(C)C)cc1C. The summed E-state index contributed by atoms with van der Waals surface area (Å²) < 4.78 is 0. The molecule has 1 rings (SSSR count). The molecule has 0 saturated carbocycles. The quantitative estimate of drug-likeness (QED) is 0.771. The Morgan fingerprint density at radius 3 is 2.43 bits per heavy atom. The van der Waals surface area contributed by atoms with E-state index in [9.17, 15) is 5.11 Å². The number of aryl methyl sites for hydroxylation is 1. The van der Waals surface area contributed by atoms with E-state index in [0.717, 1.165) is 19.6 Å². The van der Waals surface area contributed by atoms with Gasteiger partial charge in [-0.1, -0.05) is 26.0 Å². The number of nitrogens with one attached hydrogen (secondary N) is 1. The van der Waals surface area contributed by atoms with E-state index in [1.54, 1.807) is 0 Å². The molecular weight excluding hydrogens is 260 g/mol. The average molecular weight is 292 g/mol. The van der Waals surface area contributed by atoms with Crippen molar-refractivity contribution in [1.82, 2.24) is 5.32 Å². The van der Waals surface area contributed by atoms with Gasteiger partial charge in [-0.2, -0.15) is 0 Å². The predicted molar refractivity (Wildman–Crippen MR) is 91.9 cm³/mol. The molecule has 21 heavy (non-hydrogen) atoms. The van der Waals surface area contributed by atoms with Crippen LogP contribution in [0, 0.1) is 12.8 Å². The van der Waals surface area contributed by atoms with Crippen LogP contribution in [0.3, 0.4) is 0 Å². The Kier molecular flexibility index (Phi) is 6.69. The summed E-state index contributed by atoms with van der Waals surface area (Å²) in [5.74, 6) is 0.674. The number of hydrogen-bond donors (Lipinski definition) is 2. The number of benzene rings is 1. The molecule has 0 aliphatic rings. The van der Waals surface area contributed by atoms with Crippen LogP contribution in [-0.2, 0) is 6.54 Å². The van der Waals surface area contributed by atoms with Crippen LogP contribution in [0.25, 0.3) is 0 Å². The summed E-state index contributed by atoms with van der Waals surface area (Å²) in [7, 11) is 0. The Bertz CT molecular complexity index is 435. The van der Waals surface area contributed by atoms with E-state index in [-0.39, 0.29) is 0 Å². The molecule has 1 aromatic carbocycles. The molecule has 0 aromatic heterocycles. The fraction of sp³-hybridized carbons (Fsp3) is 0.667. The van der Waals surface area contributed by atoms with Crippen molar-refractivity contribution in [1.29, 1.82) is 0 Å². The van der Waals surface area contributed by atoms with Crippen LogP contribution in [0.15, 0.2) is 18.2 Å². The Balaban J connectivity index is 2.76. The van der Waals surface area contributed by atoms with E-state index in [1.165, 1.54) is 16.8 Å². The zero-order chi connectivity index (χ0) is 16.0. The summed E-state index contributed by atoms with van der Waals surface area (Å²) in [6.45, 7) is 15.9. The number of aliphatic hydroxyl groups is 1. The molecule has 0 amide bonds. The molecule has 0 fully saturated rings. The molecular formula is C18H32N2O. The lowest BCUT2D eigenvalue weighted by Crippen LogP contribution is -2.39. The van der Waals surface area contributed by atoms with Gasteiger partial charge in [0.1, 0.15) is 0 Å². The summed E-state index contributed by atoms with van der Waals surface area (Å²) in [4.78, 5) is 2.24. The van der Waals surface area contributed by atoms with Gasteiger partial charge in [0.15, 0.2) is 0 Å². The molecule has 3 nitrogen and oxygen atoms in total. The van der Waals surface area contributed by atoms with Gasteiger partial charge in [-0.05, 0) is 57.4 Å². The highest BCUT2D eigenvalue weighted by molar-refractivity contribution is 5.54. The summed E-state index contributed by atoms with van der Waals surface area (Å²) in [5, 5.41) is 13.5. The molecule has 0 radical (unpaired) electrons. The minimum atomic E-state index is -0.681. The number of anilines is 1. The number of likely N-dealkylation sites (N-methyl/N-ethyl adjacent to an activating group) is 1. The van der Waals surface area contributed by atoms with Crippen LogP contribution in [-0.4, -0.2) is 30.3 Å². The van der Waals surface area contributed by atoms with Crippen molar-refractivity contribution in [3.05, 3.63) is 29.3 Å². The standard InChI is InChI=1S/C18H32N2O/c1-7-20(13-18(5,6)21)17-9-8-16(10-15(17)4)12-19-11-14(2)3/h8-10,14,19,21H,7,11-13H2,1-6H3. The molecule has 120 valence electrons. The molecule has 3 heteroatoms. The number of rotatable bonds is 8. The Morgan fingerprint density at radius 2 is 1.95 bits per heavy atom. The predicted octanol–water partition coefficient (Wildman–Crippen LogP) is 3.34. The molecule has 0 bridgehead atoms. The average Bonchev–Trinajstić information content (AvgIpc) is 2.35. The molecule has 2 N–H and O–H groups in total. The fourth-order valence-electron chi connectivity index (χ4n) is 2.52. The van der Waals surface area contributed by atoms with Crippen molar-refractivity contribution in [2.45, 2.75) is 53.7 Å². The molecule has 0 saturated heterocycles. The first-order valence-corrected chi connectivity index (χ1v) is 8.00. The monoisotopic (exact) mass is 292 g/mol. The van der Waals surface area contributed by atoms with E-state index in [0.29, 0.717) is 12.5 Å². The van der Waals surface area contributed by atoms with E-state index in [4.69, 9.17) is 0 Å². The van der Waals surface area contributed by atoms with Gasteiger partial charge in [-0.3, -0.25) is 0 Å². The van der Waals surface area contributed by atoms with Gasteiger partial charge in [0, 0.05) is 25.3 Å². The minimum absolute atomic E-state index is 0.648. The topological polar surface area (TPSA) is 35.5 Å². The Labute approximate surface area is 130 Å². The lowest BCUT2D eigenvalue weighted by atomic mass is 10.1. The van der Waals surface area contributed by atoms with Gasteiger partial charge >= 0.3 is 0 Å². The lowest BCUT2D eigenvalue weighted by Gasteiger charge is -2.31. The van der Waals surface area contributed by atoms with Crippen molar-refractivity contribution in [3.63, 3.8) is 0 Å². The van der Waals surface area contributed by atoms with Crippen LogP contribution in [0.2, 0.25) is 0 Å². The zero-order valence-corrected chi connectivity index (χ0v) is 14.5. The van der Waals surface area contributed by atoms with Gasteiger partial charge in [-0.25, -0.2) is 0 Å². The van der Waals surface area contributed by atoms with Crippen molar-refractivity contribution in [2.24, 2.45) is 5.92 Å². The maximum atomic E-state index is 10.0. The highest BCUT2D eigenvalue weighted by atomic mass is 16.3. The lowest BCUT2D eigenvalue weighted by molar-refractivity contribution is 0.0876. The van der Waals surface area contributed by atoms with Crippen LogP contribution >= 0.6 is 0 Å². The first-order chi connectivity index (χ1) is 9.73. The second-order valence-corrected chi connectivity index (χ2v) is 6.97. The summed E-state index contributed by atoms with van der Waals surface area (Å²) in [6, 6.07) is 6.61. The van der Waals surface area contributed by atoms with Gasteiger partial charge in [0.25, 0.3) is 0 Å². The molecule has 0 aliphatic carbocycles. The minimum Gasteiger partial charge on any atom is -0.389 e. The van der Waals surface area contributed by atoms with Crippen LogP contribution in [0.1, 0.15) is 45.7 Å². The summed E-state index contributed by atoms with van der Waals surface area (Å²) in [5.41, 5.74) is 3.12. The molecule has 0 spiro atoms. The van der Waals surface area contributed by atoms with Crippen molar-refractivity contribution < 1.29 is 5.11 Å². The van der Waals surface area contributed by atoms with E-state index in [2.05, 4.69) is 56.1 Å². The number of nitrogens with zero attached hydrogens (tertiary/aromatic N) is 1. The van der Waals surface area contributed by atoms with E-state index < -0.39 is 5.60 Å². The first-order valence-electron chi connectivity index (χ1n) is 8.00. The highest BCUT2D eigenvalue weighted by Gasteiger charge is 2.18. The fourth-order valence-corrected chi connectivity index (χ4v) is 2.52. The maximum absolute atomic E-state index is 10.0. The first kappa shape index (κ1) is 18.0. The second kappa shape index (κ2) is 7.81. The van der Waals surface area contributed by atoms with E-state index >= 15 is 0 Å². The van der Waals surface area contributed by atoms with Crippen LogP contribution in [0.4, 0.5) is 5.69 Å². The molecule has 1 aromatic rings. The normalized spacial score (nSPS) is 12.0. The molecule has 0 aliphatic heterocycles. The number of hydrogen-bond acceptors (Lipinski definition) is 3. The van der Waals surface area contributed by atoms with Crippen molar-refractivity contribution in [2.75, 3.05) is 24.5 Å². The van der Waals surface area contributed by atoms with Gasteiger partial charge < -0.3 is 15.3 Å². The second-order valence-electron chi connectivity index (χ2n) is 6.97. The summed E-state index contributed by atoms with van der Waals surface area (Å²) >= 11 is 0. The van der Waals surface area contributed by atoms with E-state index in [1.807, 2.05) is 13.8 Å². The highest BCUT2D eigenvalue weighted by Crippen LogP contribution is 2.23. The molecule has 0 heterocycles. The smallest absolute Gasteiger partial charge is 0.0765 e. The third-order valence-corrected chi connectivity index (χ3v) is 3.44. The third kappa shape index (κ3) is 6.49. The Morgan fingerprint density at radius 1 is 1.29 bits per heavy atom.